The Morgan fingerprint density at radius 1 is 0.587 bits per heavy atom. The second-order valence-corrected chi connectivity index (χ2v) is 11.3. The fourth-order valence-electron chi connectivity index (χ4n) is 4.35. The van der Waals surface area contributed by atoms with Gasteiger partial charge in [-0.05, 0) is 73.7 Å². The van der Waals surface area contributed by atoms with Crippen molar-refractivity contribution >= 4 is 34.8 Å². The molecule has 0 amide bonds. The van der Waals surface area contributed by atoms with Crippen LogP contribution in [0.1, 0.15) is 25.0 Å². The Bertz CT molecular complexity index is 1150. The first-order valence-corrected chi connectivity index (χ1v) is 15.2. The predicted octanol–water partition coefficient (Wildman–Crippen LogP) is -0.172. The van der Waals surface area contributed by atoms with E-state index in [2.05, 4.69) is 10.6 Å². The van der Waals surface area contributed by atoms with Gasteiger partial charge in [0.15, 0.2) is 0 Å². The van der Waals surface area contributed by atoms with Gasteiger partial charge in [0.2, 0.25) is 12.6 Å². The zero-order valence-corrected chi connectivity index (χ0v) is 27.4. The normalized spacial score (nSPS) is 30.6. The number of methoxy groups -OCH3 is 2. The molecule has 4 rings (SSSR count). The highest BCUT2D eigenvalue weighted by atomic mass is 32.1. The monoisotopic (exact) mass is 686 g/mol. The standard InChI is InChI=1S/2C15H21NO6S/c2*1-8-11(17)12(18)13(19)14(21-8)22-10-5-3-9(4-6-10)7-16-15(23)20-2/h2*3-6,8,11-14,17-19H,7H2,1-2H3,(H,16,23). The molecule has 14 nitrogen and oxygen atoms in total. The summed E-state index contributed by atoms with van der Waals surface area (Å²) in [6.45, 7) is 4.22. The lowest BCUT2D eigenvalue weighted by Crippen LogP contribution is -2.58. The molecule has 10 atom stereocenters. The molecule has 2 aromatic carbocycles. The maximum Gasteiger partial charge on any atom is 0.256 e. The highest BCUT2D eigenvalue weighted by molar-refractivity contribution is 7.80. The van der Waals surface area contributed by atoms with Crippen LogP contribution in [0.5, 0.6) is 11.5 Å². The van der Waals surface area contributed by atoms with Gasteiger partial charge in [0.25, 0.3) is 10.3 Å². The van der Waals surface area contributed by atoms with Crippen molar-refractivity contribution in [3.8, 4) is 11.5 Å². The lowest BCUT2D eigenvalue weighted by molar-refractivity contribution is -0.268. The van der Waals surface area contributed by atoms with Crippen LogP contribution in [0.3, 0.4) is 0 Å². The zero-order valence-electron chi connectivity index (χ0n) is 25.8. The molecule has 2 aromatic rings. The molecule has 2 aliphatic rings. The van der Waals surface area contributed by atoms with Gasteiger partial charge in [-0.25, -0.2) is 0 Å². The number of nitrogens with one attached hydrogen (secondary N) is 2. The molecular weight excluding hydrogens is 644 g/mol. The molecule has 0 spiro atoms. The van der Waals surface area contributed by atoms with E-state index in [9.17, 15) is 30.6 Å². The molecule has 2 saturated heterocycles. The highest BCUT2D eigenvalue weighted by Gasteiger charge is 2.44. The van der Waals surface area contributed by atoms with Gasteiger partial charge in [0, 0.05) is 13.1 Å². The number of hydrogen-bond acceptors (Lipinski definition) is 14. The fraction of sp³-hybridized carbons (Fsp3) is 0.533. The minimum Gasteiger partial charge on any atom is -0.474 e. The number of thiocarbonyl (C=S) groups is 2. The van der Waals surface area contributed by atoms with E-state index in [4.69, 9.17) is 52.9 Å². The van der Waals surface area contributed by atoms with E-state index in [0.717, 1.165) is 11.1 Å². The SMILES string of the molecule is COC(=S)NCc1ccc(OC2OC(C)C(O)C(O)C2O)cc1.COC(=S)NCc1ccc(OC2OC(C)C(O)C(O)C2O)cc1. The first-order chi connectivity index (χ1) is 21.8. The quantitative estimate of drug-likeness (QED) is 0.170. The topological polar surface area (TPSA) is 201 Å². The fourth-order valence-corrected chi connectivity index (χ4v) is 4.50. The number of ether oxygens (including phenoxy) is 6. The van der Waals surface area contributed by atoms with Crippen LogP contribution in [0.4, 0.5) is 0 Å². The summed E-state index contributed by atoms with van der Waals surface area (Å²) in [5.41, 5.74) is 1.93. The number of benzene rings is 2. The molecule has 0 aliphatic carbocycles. The van der Waals surface area contributed by atoms with E-state index in [0.29, 0.717) is 34.9 Å². The number of aliphatic hydroxyl groups is 6. The Balaban J connectivity index is 0.000000250. The van der Waals surface area contributed by atoms with Gasteiger partial charge in [0.1, 0.15) is 48.1 Å². The Hall–Kier alpha value is -2.90. The van der Waals surface area contributed by atoms with Gasteiger partial charge >= 0.3 is 0 Å². The number of aliphatic hydroxyl groups excluding tert-OH is 6. The summed E-state index contributed by atoms with van der Waals surface area (Å²) in [7, 11) is 2.99. The Labute approximate surface area is 277 Å². The molecular formula is C30H42N2O12S2. The Morgan fingerprint density at radius 3 is 1.22 bits per heavy atom. The third kappa shape index (κ3) is 10.6. The summed E-state index contributed by atoms with van der Waals surface area (Å²) < 4.78 is 31.5. The Morgan fingerprint density at radius 2 is 0.913 bits per heavy atom. The van der Waals surface area contributed by atoms with E-state index >= 15 is 0 Å². The van der Waals surface area contributed by atoms with Crippen LogP contribution in [-0.2, 0) is 32.0 Å². The van der Waals surface area contributed by atoms with Crippen LogP contribution < -0.4 is 20.1 Å². The van der Waals surface area contributed by atoms with E-state index < -0.39 is 61.4 Å². The average molecular weight is 687 g/mol. The average Bonchev–Trinajstić information content (AvgIpc) is 3.06. The van der Waals surface area contributed by atoms with Crippen molar-refractivity contribution in [2.45, 2.75) is 88.3 Å². The van der Waals surface area contributed by atoms with Gasteiger partial charge < -0.3 is 69.7 Å². The predicted molar refractivity (Wildman–Crippen MR) is 172 cm³/mol. The molecule has 2 fully saturated rings. The van der Waals surface area contributed by atoms with Gasteiger partial charge in [-0.3, -0.25) is 0 Å². The van der Waals surface area contributed by atoms with Crippen LogP contribution in [0, 0.1) is 0 Å². The van der Waals surface area contributed by atoms with Crippen molar-refractivity contribution < 1.29 is 59.1 Å². The number of rotatable bonds is 8. The van der Waals surface area contributed by atoms with Crippen LogP contribution in [0.25, 0.3) is 0 Å². The van der Waals surface area contributed by atoms with E-state index in [1.165, 1.54) is 14.2 Å². The van der Waals surface area contributed by atoms with Crippen molar-refractivity contribution in [3.63, 3.8) is 0 Å². The smallest absolute Gasteiger partial charge is 0.256 e. The molecule has 256 valence electrons. The first-order valence-electron chi connectivity index (χ1n) is 14.4. The lowest BCUT2D eigenvalue weighted by atomic mass is 10.00. The largest absolute Gasteiger partial charge is 0.474 e. The van der Waals surface area contributed by atoms with Crippen LogP contribution in [-0.4, -0.2) is 117 Å². The molecule has 16 heteroatoms. The van der Waals surface area contributed by atoms with Crippen molar-refractivity contribution in [3.05, 3.63) is 59.7 Å². The minimum atomic E-state index is -1.33. The zero-order chi connectivity index (χ0) is 34.0. The maximum atomic E-state index is 9.92. The summed E-state index contributed by atoms with van der Waals surface area (Å²) in [6, 6.07) is 14.1. The second-order valence-electron chi connectivity index (χ2n) is 10.6. The first kappa shape index (κ1) is 37.6. The molecule has 8 N–H and O–H groups in total. The number of hydrogen-bond donors (Lipinski definition) is 8. The van der Waals surface area contributed by atoms with E-state index in [-0.39, 0.29) is 0 Å². The summed E-state index contributed by atoms with van der Waals surface area (Å²) in [5, 5.41) is 65.1. The summed E-state index contributed by atoms with van der Waals surface area (Å²) in [6.07, 6.45) is -11.0. The molecule has 46 heavy (non-hydrogen) atoms. The maximum absolute atomic E-state index is 9.92. The van der Waals surface area contributed by atoms with E-state index in [1.54, 1.807) is 38.1 Å². The molecule has 0 aromatic heterocycles. The van der Waals surface area contributed by atoms with Crippen molar-refractivity contribution in [2.75, 3.05) is 14.2 Å². The van der Waals surface area contributed by atoms with Crippen molar-refractivity contribution in [2.24, 2.45) is 0 Å². The van der Waals surface area contributed by atoms with Gasteiger partial charge in [-0.1, -0.05) is 24.3 Å². The third-order valence-corrected chi connectivity index (χ3v) is 7.83. The molecule has 2 aliphatic heterocycles. The van der Waals surface area contributed by atoms with Crippen molar-refractivity contribution in [1.29, 1.82) is 0 Å². The molecule has 10 unspecified atom stereocenters. The molecule has 0 bridgehead atoms. The molecule has 0 radical (unpaired) electrons. The van der Waals surface area contributed by atoms with Crippen LogP contribution in [0.15, 0.2) is 48.5 Å². The minimum absolute atomic E-state index is 0.311. The molecule has 2 heterocycles. The van der Waals surface area contributed by atoms with E-state index in [1.807, 2.05) is 24.3 Å². The lowest BCUT2D eigenvalue weighted by Gasteiger charge is -2.38. The van der Waals surface area contributed by atoms with Crippen LogP contribution in [0.2, 0.25) is 0 Å². The highest BCUT2D eigenvalue weighted by Crippen LogP contribution is 2.25. The summed E-state index contributed by atoms with van der Waals surface area (Å²) in [4.78, 5) is 0. The van der Waals surface area contributed by atoms with Gasteiger partial charge in [-0.2, -0.15) is 0 Å². The second kappa shape index (κ2) is 17.9. The summed E-state index contributed by atoms with van der Waals surface area (Å²) >= 11 is 9.77. The molecule has 0 saturated carbocycles. The Kier molecular flexibility index (Phi) is 14.6. The van der Waals surface area contributed by atoms with Crippen molar-refractivity contribution in [1.82, 2.24) is 10.6 Å². The van der Waals surface area contributed by atoms with Crippen LogP contribution >= 0.6 is 24.4 Å². The van der Waals surface area contributed by atoms with Gasteiger partial charge in [0.05, 0.1) is 26.4 Å². The summed E-state index contributed by atoms with van der Waals surface area (Å²) in [5.74, 6) is 0.950. The van der Waals surface area contributed by atoms with Gasteiger partial charge in [-0.15, -0.1) is 0 Å². The third-order valence-electron chi connectivity index (χ3n) is 7.21.